The first-order valence-corrected chi connectivity index (χ1v) is 8.83. The number of hydrogen-bond donors (Lipinski definition) is 0. The van der Waals surface area contributed by atoms with Gasteiger partial charge < -0.3 is 18.9 Å². The van der Waals surface area contributed by atoms with Crippen LogP contribution in [0, 0.1) is 0 Å². The molecule has 2 aromatic rings. The van der Waals surface area contributed by atoms with Gasteiger partial charge in [-0.05, 0) is 35.7 Å². The van der Waals surface area contributed by atoms with Gasteiger partial charge in [0.25, 0.3) is 0 Å². The molecule has 26 heavy (non-hydrogen) atoms. The molecular formula is C20H18O6. The molecule has 134 valence electrons. The molecule has 2 spiro atoms. The van der Waals surface area contributed by atoms with Gasteiger partial charge in [0.05, 0.1) is 13.2 Å². The molecule has 2 aromatic carbocycles. The predicted octanol–water partition coefficient (Wildman–Crippen LogP) is 2.17. The molecule has 2 fully saturated rings. The van der Waals surface area contributed by atoms with Crippen LogP contribution in [0.25, 0.3) is 10.8 Å². The van der Waals surface area contributed by atoms with Crippen LogP contribution in [-0.4, -0.2) is 37.4 Å². The van der Waals surface area contributed by atoms with Crippen molar-refractivity contribution in [1.82, 2.24) is 0 Å². The van der Waals surface area contributed by atoms with E-state index in [2.05, 4.69) is 0 Å². The fourth-order valence-corrected chi connectivity index (χ4v) is 4.50. The number of ether oxygens (including phenoxy) is 4. The van der Waals surface area contributed by atoms with E-state index >= 15 is 0 Å². The number of esters is 2. The Labute approximate surface area is 150 Å². The highest BCUT2D eigenvalue weighted by Gasteiger charge is 2.88. The molecular weight excluding hydrogens is 336 g/mol. The summed E-state index contributed by atoms with van der Waals surface area (Å²) in [4.78, 5) is 24.9. The smallest absolute Gasteiger partial charge is 0.338 e. The van der Waals surface area contributed by atoms with Crippen molar-refractivity contribution in [2.24, 2.45) is 0 Å². The Balaban J connectivity index is 1.68. The predicted molar refractivity (Wildman–Crippen MR) is 90.3 cm³/mol. The number of rotatable bonds is 4. The zero-order chi connectivity index (χ0) is 18.1. The third-order valence-electron chi connectivity index (χ3n) is 5.49. The zero-order valence-electron chi connectivity index (χ0n) is 14.5. The van der Waals surface area contributed by atoms with Crippen LogP contribution in [0.1, 0.15) is 25.0 Å². The van der Waals surface area contributed by atoms with E-state index < -0.39 is 35.3 Å². The number of carbonyl (C=O) groups is 2. The monoisotopic (exact) mass is 354 g/mol. The largest absolute Gasteiger partial charge is 0.464 e. The Morgan fingerprint density at radius 3 is 1.77 bits per heavy atom. The van der Waals surface area contributed by atoms with Gasteiger partial charge in [-0.15, -0.1) is 0 Å². The first-order chi connectivity index (χ1) is 12.6. The average Bonchev–Trinajstić information content (AvgIpc) is 3.52. The standard InChI is InChI=1S/C20H18O6/c1-3-23-17(21)15-19(25-15)12-9-5-7-11-8-6-10-13(14(11)12)20(19)16(26-20)18(22)24-4-2/h5-10,15-16H,3-4H2,1-2H3/t15-,16-,19-,20+/m0/s1. The molecule has 2 saturated heterocycles. The lowest BCUT2D eigenvalue weighted by Gasteiger charge is -2.15. The van der Waals surface area contributed by atoms with Crippen molar-refractivity contribution in [1.29, 1.82) is 0 Å². The summed E-state index contributed by atoms with van der Waals surface area (Å²) in [5, 5.41) is 2.00. The molecule has 2 aliphatic heterocycles. The van der Waals surface area contributed by atoms with Crippen LogP contribution in [-0.2, 0) is 39.7 Å². The van der Waals surface area contributed by atoms with Crippen LogP contribution in [0.2, 0.25) is 0 Å². The topological polar surface area (TPSA) is 77.7 Å². The number of benzene rings is 2. The Morgan fingerprint density at radius 2 is 1.35 bits per heavy atom. The van der Waals surface area contributed by atoms with E-state index in [1.807, 2.05) is 36.4 Å². The molecule has 0 unspecified atom stereocenters. The van der Waals surface area contributed by atoms with Gasteiger partial charge in [-0.2, -0.15) is 0 Å². The molecule has 6 nitrogen and oxygen atoms in total. The van der Waals surface area contributed by atoms with Crippen LogP contribution in [0.15, 0.2) is 36.4 Å². The number of epoxide rings is 2. The van der Waals surface area contributed by atoms with Crippen molar-refractivity contribution in [3.63, 3.8) is 0 Å². The summed E-state index contributed by atoms with van der Waals surface area (Å²) in [6.45, 7) is 4.03. The Kier molecular flexibility index (Phi) is 3.07. The molecule has 0 N–H and O–H groups in total. The summed E-state index contributed by atoms with van der Waals surface area (Å²) in [5.74, 6) is -0.871. The first kappa shape index (κ1) is 15.8. The third kappa shape index (κ3) is 1.64. The maximum absolute atomic E-state index is 12.4. The maximum Gasteiger partial charge on any atom is 0.338 e. The van der Waals surface area contributed by atoms with Gasteiger partial charge in [-0.25, -0.2) is 9.59 Å². The van der Waals surface area contributed by atoms with Crippen LogP contribution in [0.5, 0.6) is 0 Å². The molecule has 2 heterocycles. The van der Waals surface area contributed by atoms with Gasteiger partial charge >= 0.3 is 11.9 Å². The fourth-order valence-electron chi connectivity index (χ4n) is 4.50. The van der Waals surface area contributed by atoms with Crippen molar-refractivity contribution < 1.29 is 28.5 Å². The minimum absolute atomic E-state index is 0.265. The molecule has 1 aliphatic carbocycles. The van der Waals surface area contributed by atoms with Gasteiger partial charge in [0, 0.05) is 0 Å². The van der Waals surface area contributed by atoms with E-state index in [0.29, 0.717) is 0 Å². The maximum atomic E-state index is 12.4. The van der Waals surface area contributed by atoms with E-state index in [9.17, 15) is 9.59 Å². The van der Waals surface area contributed by atoms with Crippen LogP contribution < -0.4 is 0 Å². The highest BCUT2D eigenvalue weighted by molar-refractivity contribution is 5.99. The second-order valence-electron chi connectivity index (χ2n) is 6.68. The van der Waals surface area contributed by atoms with Gasteiger partial charge in [0.2, 0.25) is 0 Å². The summed E-state index contributed by atoms with van der Waals surface area (Å²) in [7, 11) is 0. The van der Waals surface area contributed by atoms with E-state index in [-0.39, 0.29) is 13.2 Å². The second kappa shape index (κ2) is 5.05. The van der Waals surface area contributed by atoms with E-state index in [4.69, 9.17) is 18.9 Å². The highest BCUT2D eigenvalue weighted by Crippen LogP contribution is 2.74. The van der Waals surface area contributed by atoms with Gasteiger partial charge in [0.1, 0.15) is 0 Å². The SMILES string of the molecule is CCOC(=O)[C@@H]1O[C@]12c1cccc3cccc(c13)[C@@]21O[C@H]1C(=O)OCC. The molecule has 0 bridgehead atoms. The number of hydrogen-bond acceptors (Lipinski definition) is 6. The lowest BCUT2D eigenvalue weighted by Crippen LogP contribution is -2.34. The summed E-state index contributed by atoms with van der Waals surface area (Å²) in [6, 6.07) is 11.7. The quantitative estimate of drug-likeness (QED) is 0.619. The summed E-state index contributed by atoms with van der Waals surface area (Å²) in [5.41, 5.74) is -0.314. The lowest BCUT2D eigenvalue weighted by molar-refractivity contribution is -0.145. The van der Waals surface area contributed by atoms with E-state index in [1.54, 1.807) is 13.8 Å². The first-order valence-electron chi connectivity index (χ1n) is 8.83. The molecule has 0 aromatic heterocycles. The third-order valence-corrected chi connectivity index (χ3v) is 5.49. The average molecular weight is 354 g/mol. The Morgan fingerprint density at radius 1 is 0.885 bits per heavy atom. The van der Waals surface area contributed by atoms with E-state index in [1.165, 1.54) is 0 Å². The molecule has 0 saturated carbocycles. The zero-order valence-corrected chi connectivity index (χ0v) is 14.5. The normalized spacial score (nSPS) is 32.8. The molecule has 3 aliphatic rings. The molecule has 0 radical (unpaired) electrons. The number of fused-ring (bicyclic) bond motifs is 3. The summed E-state index contributed by atoms with van der Waals surface area (Å²) < 4.78 is 22.3. The molecule has 6 heteroatoms. The summed E-state index contributed by atoms with van der Waals surface area (Å²) >= 11 is 0. The van der Waals surface area contributed by atoms with Crippen molar-refractivity contribution in [2.75, 3.05) is 13.2 Å². The summed E-state index contributed by atoms with van der Waals surface area (Å²) in [6.07, 6.45) is -1.58. The Bertz CT molecular complexity index is 880. The highest BCUT2D eigenvalue weighted by atomic mass is 16.7. The van der Waals surface area contributed by atoms with Crippen molar-refractivity contribution in [2.45, 2.75) is 37.3 Å². The molecule has 5 rings (SSSR count). The van der Waals surface area contributed by atoms with Crippen molar-refractivity contribution in [3.05, 3.63) is 47.5 Å². The second-order valence-corrected chi connectivity index (χ2v) is 6.68. The van der Waals surface area contributed by atoms with Crippen LogP contribution in [0.3, 0.4) is 0 Å². The van der Waals surface area contributed by atoms with Crippen LogP contribution in [0.4, 0.5) is 0 Å². The van der Waals surface area contributed by atoms with Gasteiger partial charge in [-0.3, -0.25) is 0 Å². The van der Waals surface area contributed by atoms with Crippen molar-refractivity contribution >= 4 is 22.7 Å². The Hall–Kier alpha value is -2.44. The number of carbonyl (C=O) groups excluding carboxylic acids is 2. The minimum atomic E-state index is -1.03. The van der Waals surface area contributed by atoms with E-state index in [0.717, 1.165) is 21.9 Å². The minimum Gasteiger partial charge on any atom is -0.464 e. The van der Waals surface area contributed by atoms with Gasteiger partial charge in [0.15, 0.2) is 23.4 Å². The molecule has 0 amide bonds. The van der Waals surface area contributed by atoms with Crippen LogP contribution >= 0.6 is 0 Å². The molecule has 4 atom stereocenters. The van der Waals surface area contributed by atoms with Crippen molar-refractivity contribution in [3.8, 4) is 0 Å². The fraction of sp³-hybridized carbons (Fsp3) is 0.400. The van der Waals surface area contributed by atoms with Gasteiger partial charge in [-0.1, -0.05) is 36.4 Å². The lowest BCUT2D eigenvalue weighted by atomic mass is 9.83.